The molecule has 1 atom stereocenters. The molecule has 2 rings (SSSR count). The van der Waals surface area contributed by atoms with Crippen molar-refractivity contribution in [3.8, 4) is 11.5 Å². The van der Waals surface area contributed by atoms with Crippen molar-refractivity contribution < 1.29 is 42.8 Å². The van der Waals surface area contributed by atoms with E-state index in [1.54, 1.807) is 6.07 Å². The van der Waals surface area contributed by atoms with Crippen molar-refractivity contribution in [2.24, 2.45) is 0 Å². The van der Waals surface area contributed by atoms with Gasteiger partial charge in [0.15, 0.2) is 0 Å². The van der Waals surface area contributed by atoms with Crippen LogP contribution in [0.5, 0.6) is 11.5 Å². The van der Waals surface area contributed by atoms with Crippen LogP contribution in [-0.2, 0) is 29.8 Å². The van der Waals surface area contributed by atoms with Crippen LogP contribution in [-0.4, -0.2) is 29.3 Å². The van der Waals surface area contributed by atoms with Crippen molar-refractivity contribution in [2.45, 2.75) is 22.9 Å². The van der Waals surface area contributed by atoms with E-state index in [0.29, 0.717) is 36.7 Å². The summed E-state index contributed by atoms with van der Waals surface area (Å²) >= 11 is -1.27. The zero-order chi connectivity index (χ0) is 14.5. The van der Waals surface area contributed by atoms with Crippen LogP contribution in [0, 0.1) is 10.1 Å². The molecule has 0 aromatic heterocycles. The Morgan fingerprint density at radius 2 is 2.05 bits per heavy atom. The molecule has 0 saturated heterocycles. The van der Waals surface area contributed by atoms with Crippen LogP contribution in [0.1, 0.15) is 12.0 Å². The van der Waals surface area contributed by atoms with Gasteiger partial charge in [0.05, 0.1) is 0 Å². The SMILES string of the molecule is O=[N+]([O-])c1cc2c(cc1CC(O)C[CH2][Hg][Cl])OCCO2. The number of nitro benzene ring substituents is 1. The molecule has 0 saturated carbocycles. The van der Waals surface area contributed by atoms with Crippen LogP contribution < -0.4 is 9.47 Å². The topological polar surface area (TPSA) is 81.8 Å². The molecule has 0 amide bonds. The number of hydrogen-bond donors (Lipinski definition) is 1. The molecule has 0 fully saturated rings. The minimum atomic E-state index is -1.27. The van der Waals surface area contributed by atoms with Gasteiger partial charge in [-0.15, -0.1) is 0 Å². The summed E-state index contributed by atoms with van der Waals surface area (Å²) in [5.41, 5.74) is 0.432. The van der Waals surface area contributed by atoms with Gasteiger partial charge in [-0.25, -0.2) is 0 Å². The third-order valence-corrected chi connectivity index (χ3v) is 8.04. The van der Waals surface area contributed by atoms with Gasteiger partial charge in [-0.05, 0) is 0 Å². The van der Waals surface area contributed by atoms with E-state index in [2.05, 4.69) is 0 Å². The van der Waals surface area contributed by atoms with E-state index in [-0.39, 0.29) is 12.1 Å². The zero-order valence-electron chi connectivity index (χ0n) is 10.9. The number of nitrogens with zero attached hydrogens (tertiary/aromatic N) is 1. The summed E-state index contributed by atoms with van der Waals surface area (Å²) in [4.78, 5) is 10.7. The number of ether oxygens (including phenoxy) is 2. The van der Waals surface area contributed by atoms with Crippen molar-refractivity contribution in [2.75, 3.05) is 13.2 Å². The Hall–Kier alpha value is -0.595. The van der Waals surface area contributed by atoms with Crippen molar-refractivity contribution in [3.05, 3.63) is 27.8 Å². The molecule has 1 aromatic rings. The third kappa shape index (κ3) is 3.96. The van der Waals surface area contributed by atoms with Gasteiger partial charge in [-0.1, -0.05) is 0 Å². The normalized spacial score (nSPS) is 14.5. The first-order valence-electron chi connectivity index (χ1n) is 6.42. The molecular weight excluding hydrogens is 474 g/mol. The molecule has 8 heteroatoms. The molecule has 1 unspecified atom stereocenters. The van der Waals surface area contributed by atoms with Gasteiger partial charge in [-0.3, -0.25) is 0 Å². The molecule has 0 bridgehead atoms. The first-order chi connectivity index (χ1) is 9.61. The van der Waals surface area contributed by atoms with E-state index in [1.165, 1.54) is 6.07 Å². The monoisotopic (exact) mass is 489 g/mol. The van der Waals surface area contributed by atoms with E-state index in [9.17, 15) is 15.2 Å². The van der Waals surface area contributed by atoms with Crippen LogP contribution in [0.4, 0.5) is 5.69 Å². The predicted octanol–water partition coefficient (Wildman–Crippen LogP) is 2.31. The Balaban J connectivity index is 2.23. The maximum absolute atomic E-state index is 11.1. The van der Waals surface area contributed by atoms with Gasteiger partial charge >= 0.3 is 132 Å². The summed E-state index contributed by atoms with van der Waals surface area (Å²) < 4.78 is 11.7. The molecule has 1 aromatic carbocycles. The van der Waals surface area contributed by atoms with E-state index >= 15 is 0 Å². The van der Waals surface area contributed by atoms with E-state index in [1.807, 2.05) is 0 Å². The van der Waals surface area contributed by atoms with Gasteiger partial charge in [0, 0.05) is 0 Å². The Kier molecular flexibility index (Phi) is 5.86. The molecule has 0 aliphatic carbocycles. The average Bonchev–Trinajstić information content (AvgIpc) is 2.44. The molecule has 1 N–H and O–H groups in total. The quantitative estimate of drug-likeness (QED) is 0.378. The van der Waals surface area contributed by atoms with Crippen LogP contribution in [0.25, 0.3) is 0 Å². The molecule has 0 spiro atoms. The van der Waals surface area contributed by atoms with Crippen LogP contribution in [0.15, 0.2) is 12.1 Å². The van der Waals surface area contributed by atoms with Gasteiger partial charge in [0.25, 0.3) is 0 Å². The summed E-state index contributed by atoms with van der Waals surface area (Å²) in [5, 5.41) is 21.0. The molecule has 106 valence electrons. The number of fused-ring (bicyclic) bond motifs is 1. The summed E-state index contributed by atoms with van der Waals surface area (Å²) in [6.45, 7) is 0.809. The first-order valence-corrected chi connectivity index (χ1v) is 17.1. The number of nitro groups is 1. The summed E-state index contributed by atoms with van der Waals surface area (Å²) in [5.74, 6) is 0.889. The first kappa shape index (κ1) is 15.8. The van der Waals surface area contributed by atoms with E-state index in [4.69, 9.17) is 17.7 Å². The van der Waals surface area contributed by atoms with Crippen molar-refractivity contribution in [3.63, 3.8) is 0 Å². The van der Waals surface area contributed by atoms with Crippen LogP contribution in [0.3, 0.4) is 0 Å². The van der Waals surface area contributed by atoms with Crippen molar-refractivity contribution in [1.29, 1.82) is 0 Å². The minimum absolute atomic E-state index is 0.0382. The third-order valence-electron chi connectivity index (χ3n) is 3.07. The summed E-state index contributed by atoms with van der Waals surface area (Å²) in [6, 6.07) is 2.97. The Morgan fingerprint density at radius 1 is 1.40 bits per heavy atom. The summed E-state index contributed by atoms with van der Waals surface area (Å²) in [6.07, 6.45) is 0.240. The fraction of sp³-hybridized carbons (Fsp3) is 0.500. The second kappa shape index (κ2) is 7.42. The molecule has 0 radical (unpaired) electrons. The second-order valence-corrected chi connectivity index (χ2v) is 12.1. The van der Waals surface area contributed by atoms with Crippen LogP contribution in [0.2, 0.25) is 3.93 Å². The summed E-state index contributed by atoms with van der Waals surface area (Å²) in [7, 11) is 5.79. The fourth-order valence-corrected chi connectivity index (χ4v) is 5.91. The van der Waals surface area contributed by atoms with Gasteiger partial charge in [0.2, 0.25) is 0 Å². The molecule has 1 heterocycles. The molecule has 1 aliphatic rings. The van der Waals surface area contributed by atoms with E-state index < -0.39 is 34.4 Å². The number of halogens is 1. The van der Waals surface area contributed by atoms with Gasteiger partial charge < -0.3 is 0 Å². The number of rotatable bonds is 6. The number of hydrogen-bond acceptors (Lipinski definition) is 5. The predicted molar refractivity (Wildman–Crippen MR) is 69.1 cm³/mol. The fourth-order valence-electron chi connectivity index (χ4n) is 2.12. The molecular formula is C12H14ClHgNO5. The average molecular weight is 488 g/mol. The zero-order valence-corrected chi connectivity index (χ0v) is 17.1. The standard InChI is InChI=1S/C12H14NO5.ClH.Hg/c1-2-9(14)5-8-6-11-12(18-4-3-17-11)7-10(8)13(15)16;;/h6-7,9,14H,1-5H2;1H;/q;;+1/p-1. The second-order valence-electron chi connectivity index (χ2n) is 4.57. The van der Waals surface area contributed by atoms with E-state index in [0.717, 1.165) is 3.93 Å². The Bertz CT molecular complexity index is 499. The Morgan fingerprint density at radius 3 is 2.65 bits per heavy atom. The van der Waals surface area contributed by atoms with Crippen molar-refractivity contribution >= 4 is 13.9 Å². The van der Waals surface area contributed by atoms with Gasteiger partial charge in [0.1, 0.15) is 0 Å². The maximum atomic E-state index is 11.1. The number of aliphatic hydroxyl groups excluding tert-OH is 1. The number of aliphatic hydroxyl groups is 1. The molecule has 6 nitrogen and oxygen atoms in total. The Labute approximate surface area is 132 Å². The number of benzene rings is 1. The molecule has 20 heavy (non-hydrogen) atoms. The van der Waals surface area contributed by atoms with Crippen molar-refractivity contribution in [1.82, 2.24) is 0 Å². The van der Waals surface area contributed by atoms with Crippen LogP contribution >= 0.6 is 8.25 Å². The molecule has 1 aliphatic heterocycles. The van der Waals surface area contributed by atoms with Gasteiger partial charge in [-0.2, -0.15) is 0 Å².